The summed E-state index contributed by atoms with van der Waals surface area (Å²) in [6.07, 6.45) is 3.80. The van der Waals surface area contributed by atoms with Gasteiger partial charge in [-0.15, -0.1) is 0 Å². The molecule has 2 aromatic heterocycles. The quantitative estimate of drug-likeness (QED) is 0.417. The van der Waals surface area contributed by atoms with Crippen LogP contribution in [0.2, 0.25) is 0 Å². The van der Waals surface area contributed by atoms with Crippen LogP contribution in [0, 0.1) is 24.2 Å². The number of aromatic nitrogens is 2. The second-order valence-corrected chi connectivity index (χ2v) is 6.60. The third kappa shape index (κ3) is 2.91. The number of Topliss-reactive ketones (excluding diaryl/α,β-unsaturated/α-hetero) is 2. The van der Waals surface area contributed by atoms with Crippen LogP contribution in [0.4, 0.5) is 0 Å². The van der Waals surface area contributed by atoms with Gasteiger partial charge in [0, 0.05) is 45.8 Å². The van der Waals surface area contributed by atoms with Crippen molar-refractivity contribution in [3.8, 4) is 11.8 Å². The smallest absolute Gasteiger partial charge is 0.190 e. The zero-order valence-electron chi connectivity index (χ0n) is 15.2. The third-order valence-corrected chi connectivity index (χ3v) is 4.85. The maximum atomic E-state index is 13.1. The highest BCUT2D eigenvalue weighted by Gasteiger charge is 2.31. The minimum Gasteiger partial charge on any atom is -0.358 e. The molecule has 0 saturated heterocycles. The fraction of sp³-hybridized carbons (Fsp3) is 0.0870. The molecule has 0 aliphatic carbocycles. The first-order valence-electron chi connectivity index (χ1n) is 8.89. The van der Waals surface area contributed by atoms with E-state index >= 15 is 0 Å². The number of benzene rings is 2. The summed E-state index contributed by atoms with van der Waals surface area (Å²) in [5, 5.41) is 10.3. The molecule has 136 valence electrons. The van der Waals surface area contributed by atoms with Gasteiger partial charge in [-0.05, 0) is 49.4 Å². The highest BCUT2D eigenvalue weighted by atomic mass is 16.2. The monoisotopic (exact) mass is 367 g/mol. The zero-order chi connectivity index (χ0) is 19.7. The summed E-state index contributed by atoms with van der Waals surface area (Å²) in [5.41, 5.74) is 3.10. The number of carbonyl (C=O) groups is 2. The number of H-pyrrole nitrogens is 1. The molecule has 1 unspecified atom stereocenters. The summed E-state index contributed by atoms with van der Waals surface area (Å²) >= 11 is 0. The molecule has 0 bridgehead atoms. The van der Waals surface area contributed by atoms with Crippen molar-refractivity contribution in [2.24, 2.45) is 5.92 Å². The van der Waals surface area contributed by atoms with Crippen LogP contribution in [0.3, 0.4) is 0 Å². The second-order valence-electron chi connectivity index (χ2n) is 6.60. The zero-order valence-corrected chi connectivity index (χ0v) is 15.2. The lowest BCUT2D eigenvalue weighted by atomic mass is 9.90. The van der Waals surface area contributed by atoms with E-state index in [0.29, 0.717) is 16.8 Å². The standard InChI is InChI=1S/C23H17N3O2/c1-15-21(18-6-2-3-7-20(18)25-15)23(28)19(14-24)22(27)16-8-10-17(11-9-16)26-12-4-5-13-26/h2-13,19,25H,1H3. The van der Waals surface area contributed by atoms with Crippen molar-refractivity contribution in [3.63, 3.8) is 0 Å². The lowest BCUT2D eigenvalue weighted by Crippen LogP contribution is -2.23. The number of para-hydroxylation sites is 1. The average Bonchev–Trinajstić information content (AvgIpc) is 3.35. The number of aryl methyl sites for hydroxylation is 1. The molecule has 4 rings (SSSR count). The van der Waals surface area contributed by atoms with Crippen molar-refractivity contribution in [2.75, 3.05) is 0 Å². The van der Waals surface area contributed by atoms with E-state index < -0.39 is 17.5 Å². The number of ketones is 2. The predicted octanol–water partition coefficient (Wildman–Crippen LogP) is 4.47. The molecule has 28 heavy (non-hydrogen) atoms. The first-order valence-corrected chi connectivity index (χ1v) is 8.89. The molecule has 4 aromatic rings. The van der Waals surface area contributed by atoms with E-state index in [0.717, 1.165) is 16.6 Å². The Hall–Kier alpha value is -3.91. The Balaban J connectivity index is 1.66. The van der Waals surface area contributed by atoms with Gasteiger partial charge in [-0.3, -0.25) is 9.59 Å². The summed E-state index contributed by atoms with van der Waals surface area (Å²) in [6, 6.07) is 20.0. The Bertz CT molecular complexity index is 1210. The van der Waals surface area contributed by atoms with Crippen LogP contribution in [-0.2, 0) is 0 Å². The molecule has 1 N–H and O–H groups in total. The maximum absolute atomic E-state index is 13.1. The van der Waals surface area contributed by atoms with E-state index in [1.807, 2.05) is 59.4 Å². The molecule has 0 aliphatic heterocycles. The Morgan fingerprint density at radius 2 is 1.64 bits per heavy atom. The molecule has 2 aromatic carbocycles. The minimum absolute atomic E-state index is 0.341. The van der Waals surface area contributed by atoms with E-state index in [2.05, 4.69) is 4.98 Å². The molecule has 0 saturated carbocycles. The van der Waals surface area contributed by atoms with Crippen molar-refractivity contribution < 1.29 is 9.59 Å². The van der Waals surface area contributed by atoms with E-state index in [1.165, 1.54) is 0 Å². The van der Waals surface area contributed by atoms with Crippen molar-refractivity contribution in [2.45, 2.75) is 6.92 Å². The Morgan fingerprint density at radius 1 is 0.964 bits per heavy atom. The summed E-state index contributed by atoms with van der Waals surface area (Å²) in [7, 11) is 0. The lowest BCUT2D eigenvalue weighted by Gasteiger charge is -2.09. The fourth-order valence-electron chi connectivity index (χ4n) is 3.45. The lowest BCUT2D eigenvalue weighted by molar-refractivity contribution is 0.0846. The Morgan fingerprint density at radius 3 is 2.32 bits per heavy atom. The molecule has 0 fully saturated rings. The number of rotatable bonds is 5. The molecule has 0 aliphatic rings. The Labute approximate surface area is 161 Å². The molecule has 2 heterocycles. The van der Waals surface area contributed by atoms with Gasteiger partial charge >= 0.3 is 0 Å². The van der Waals surface area contributed by atoms with Crippen LogP contribution >= 0.6 is 0 Å². The van der Waals surface area contributed by atoms with Crippen LogP contribution in [-0.4, -0.2) is 21.1 Å². The summed E-state index contributed by atoms with van der Waals surface area (Å²) < 4.78 is 1.91. The summed E-state index contributed by atoms with van der Waals surface area (Å²) in [6.45, 7) is 1.78. The first-order chi connectivity index (χ1) is 13.6. The summed E-state index contributed by atoms with van der Waals surface area (Å²) in [5.74, 6) is -2.34. The van der Waals surface area contributed by atoms with Crippen molar-refractivity contribution in [3.05, 3.63) is 89.9 Å². The van der Waals surface area contributed by atoms with Gasteiger partial charge in [-0.1, -0.05) is 18.2 Å². The van der Waals surface area contributed by atoms with Crippen LogP contribution in [0.5, 0.6) is 0 Å². The molecule has 0 amide bonds. The maximum Gasteiger partial charge on any atom is 0.190 e. The largest absolute Gasteiger partial charge is 0.358 e. The summed E-state index contributed by atoms with van der Waals surface area (Å²) in [4.78, 5) is 29.1. The fourth-order valence-corrected chi connectivity index (χ4v) is 3.45. The Kier molecular flexibility index (Phi) is 4.38. The predicted molar refractivity (Wildman–Crippen MR) is 107 cm³/mol. The normalized spacial score (nSPS) is 11.9. The van der Waals surface area contributed by atoms with Crippen LogP contribution in [0.25, 0.3) is 16.6 Å². The number of hydrogen-bond acceptors (Lipinski definition) is 3. The van der Waals surface area contributed by atoms with Gasteiger partial charge in [0.2, 0.25) is 0 Å². The van der Waals surface area contributed by atoms with Gasteiger partial charge in [-0.25, -0.2) is 0 Å². The van der Waals surface area contributed by atoms with Crippen molar-refractivity contribution in [1.82, 2.24) is 9.55 Å². The van der Waals surface area contributed by atoms with E-state index in [1.54, 1.807) is 31.2 Å². The molecular weight excluding hydrogens is 350 g/mol. The molecular formula is C23H17N3O2. The molecule has 0 spiro atoms. The van der Waals surface area contributed by atoms with Crippen LogP contribution in [0.1, 0.15) is 26.4 Å². The van der Waals surface area contributed by atoms with Crippen LogP contribution < -0.4 is 0 Å². The average molecular weight is 367 g/mol. The van der Waals surface area contributed by atoms with E-state index in [-0.39, 0.29) is 0 Å². The molecule has 5 nitrogen and oxygen atoms in total. The highest BCUT2D eigenvalue weighted by molar-refractivity contribution is 6.22. The first kappa shape index (κ1) is 17.5. The second kappa shape index (κ2) is 7.01. The number of carbonyl (C=O) groups excluding carboxylic acids is 2. The van der Waals surface area contributed by atoms with Gasteiger partial charge in [0.15, 0.2) is 17.5 Å². The molecule has 1 atom stereocenters. The SMILES string of the molecule is Cc1[nH]c2ccccc2c1C(=O)C(C#N)C(=O)c1ccc(-n2cccc2)cc1. The van der Waals surface area contributed by atoms with Gasteiger partial charge in [0.25, 0.3) is 0 Å². The van der Waals surface area contributed by atoms with E-state index in [4.69, 9.17) is 0 Å². The number of hydrogen-bond donors (Lipinski definition) is 1. The molecule has 5 heteroatoms. The number of aromatic amines is 1. The topological polar surface area (TPSA) is 78.7 Å². The number of fused-ring (bicyclic) bond motifs is 1. The third-order valence-electron chi connectivity index (χ3n) is 4.85. The number of nitrogens with zero attached hydrogens (tertiary/aromatic N) is 2. The van der Waals surface area contributed by atoms with E-state index in [9.17, 15) is 14.9 Å². The van der Waals surface area contributed by atoms with Gasteiger partial charge in [0.1, 0.15) is 0 Å². The van der Waals surface area contributed by atoms with Gasteiger partial charge in [-0.2, -0.15) is 5.26 Å². The highest BCUT2D eigenvalue weighted by Crippen LogP contribution is 2.26. The molecule has 0 radical (unpaired) electrons. The number of nitrogens with one attached hydrogen (secondary N) is 1. The van der Waals surface area contributed by atoms with Crippen molar-refractivity contribution >= 4 is 22.5 Å². The van der Waals surface area contributed by atoms with Gasteiger partial charge < -0.3 is 9.55 Å². The van der Waals surface area contributed by atoms with Gasteiger partial charge in [0.05, 0.1) is 6.07 Å². The van der Waals surface area contributed by atoms with Crippen LogP contribution in [0.15, 0.2) is 73.1 Å². The van der Waals surface area contributed by atoms with Crippen molar-refractivity contribution in [1.29, 1.82) is 5.26 Å². The minimum atomic E-state index is -1.38. The number of nitriles is 1.